The fraction of sp³-hybridized carbons (Fsp3) is 0.375. The Labute approximate surface area is 183 Å². The van der Waals surface area contributed by atoms with Crippen LogP contribution in [0.5, 0.6) is 0 Å². The largest absolute Gasteiger partial charge is 0.324 e. The lowest BCUT2D eigenvalue weighted by Gasteiger charge is -2.36. The van der Waals surface area contributed by atoms with Gasteiger partial charge in [-0.25, -0.2) is 4.79 Å². The topological polar surface area (TPSA) is 53.6 Å². The second-order valence-electron chi connectivity index (χ2n) is 9.08. The van der Waals surface area contributed by atoms with Crippen molar-refractivity contribution in [3.63, 3.8) is 0 Å². The number of anilines is 1. The smallest absolute Gasteiger partial charge is 0.321 e. The summed E-state index contributed by atoms with van der Waals surface area (Å²) in [5.74, 6) is 0. The molecule has 2 aliphatic rings. The highest BCUT2D eigenvalue weighted by atomic mass is 35.5. The van der Waals surface area contributed by atoms with Crippen molar-refractivity contribution >= 4 is 29.0 Å². The normalized spacial score (nSPS) is 18.1. The molecule has 2 heterocycles. The first-order valence-electron chi connectivity index (χ1n) is 10.3. The summed E-state index contributed by atoms with van der Waals surface area (Å²) in [7, 11) is 0. The van der Waals surface area contributed by atoms with Crippen LogP contribution in [-0.2, 0) is 10.3 Å². The predicted molar refractivity (Wildman–Crippen MR) is 121 cm³/mol. The van der Waals surface area contributed by atoms with Gasteiger partial charge in [0, 0.05) is 36.6 Å². The molecule has 1 saturated heterocycles. The molecule has 5 nitrogen and oxygen atoms in total. The van der Waals surface area contributed by atoms with Gasteiger partial charge in [0.1, 0.15) is 5.60 Å². The minimum atomic E-state index is -0.370. The van der Waals surface area contributed by atoms with Crippen LogP contribution in [0.2, 0.25) is 5.02 Å². The molecule has 4 rings (SSSR count). The van der Waals surface area contributed by atoms with E-state index in [1.807, 2.05) is 17.0 Å². The van der Waals surface area contributed by atoms with Crippen molar-refractivity contribution < 1.29 is 9.63 Å². The number of hydrogen-bond acceptors (Lipinski definition) is 3. The Morgan fingerprint density at radius 3 is 2.47 bits per heavy atom. The number of nitrogens with zero attached hydrogens (tertiary/aromatic N) is 1. The Bertz CT molecular complexity index is 955. The number of urea groups is 1. The van der Waals surface area contributed by atoms with Crippen LogP contribution in [0.4, 0.5) is 10.5 Å². The van der Waals surface area contributed by atoms with Crippen LogP contribution in [0, 0.1) is 0 Å². The first kappa shape index (κ1) is 20.8. The predicted octanol–water partition coefficient (Wildman–Crippen LogP) is 5.58. The van der Waals surface area contributed by atoms with Gasteiger partial charge in [0.25, 0.3) is 0 Å². The number of hydrogen-bond donors (Lipinski definition) is 2. The molecule has 2 aromatic carbocycles. The molecule has 2 amide bonds. The van der Waals surface area contributed by atoms with Gasteiger partial charge in [-0.05, 0) is 40.8 Å². The van der Waals surface area contributed by atoms with Crippen LogP contribution in [0.1, 0.15) is 44.7 Å². The zero-order chi connectivity index (χ0) is 21.4. The van der Waals surface area contributed by atoms with E-state index in [0.29, 0.717) is 23.8 Å². The number of carbonyl (C=O) groups is 1. The third-order valence-electron chi connectivity index (χ3n) is 5.81. The molecule has 1 spiro atoms. The number of amides is 2. The van der Waals surface area contributed by atoms with E-state index < -0.39 is 0 Å². The summed E-state index contributed by atoms with van der Waals surface area (Å²) >= 11 is 6.00. The third kappa shape index (κ3) is 4.47. The van der Waals surface area contributed by atoms with Crippen LogP contribution in [0.15, 0.2) is 54.6 Å². The number of hydroxylamine groups is 1. The zero-order valence-corrected chi connectivity index (χ0v) is 18.4. The van der Waals surface area contributed by atoms with E-state index in [1.165, 1.54) is 5.56 Å². The molecule has 2 aliphatic heterocycles. The molecule has 0 saturated carbocycles. The first-order chi connectivity index (χ1) is 14.2. The Morgan fingerprint density at radius 1 is 1.13 bits per heavy atom. The molecule has 2 N–H and O–H groups in total. The van der Waals surface area contributed by atoms with Crippen LogP contribution in [0.3, 0.4) is 0 Å². The molecule has 0 radical (unpaired) electrons. The summed E-state index contributed by atoms with van der Waals surface area (Å²) < 4.78 is 0. The quantitative estimate of drug-likeness (QED) is 0.660. The summed E-state index contributed by atoms with van der Waals surface area (Å²) in [6.07, 6.45) is 3.66. The molecular weight excluding hydrogens is 398 g/mol. The van der Waals surface area contributed by atoms with Crippen LogP contribution in [-0.4, -0.2) is 29.6 Å². The van der Waals surface area contributed by atoms with Crippen molar-refractivity contribution in [3.8, 4) is 0 Å². The van der Waals surface area contributed by atoms with E-state index in [9.17, 15) is 4.79 Å². The number of piperidine rings is 1. The molecule has 1 fully saturated rings. The van der Waals surface area contributed by atoms with Crippen molar-refractivity contribution in [1.29, 1.82) is 0 Å². The SMILES string of the molecule is CC(C)(C)c1ccc(C2=CC3(CCN(C(=O)Nc4cccc(Cl)c4)CC3)ON2)cc1. The zero-order valence-electron chi connectivity index (χ0n) is 17.7. The summed E-state index contributed by atoms with van der Waals surface area (Å²) in [5, 5.41) is 3.52. The highest BCUT2D eigenvalue weighted by Crippen LogP contribution is 2.35. The van der Waals surface area contributed by atoms with E-state index in [1.54, 1.807) is 12.1 Å². The first-order valence-corrected chi connectivity index (χ1v) is 10.7. The third-order valence-corrected chi connectivity index (χ3v) is 6.04. The van der Waals surface area contributed by atoms with Crippen molar-refractivity contribution in [3.05, 3.63) is 70.8 Å². The fourth-order valence-corrected chi connectivity index (χ4v) is 4.06. The molecule has 0 aromatic heterocycles. The summed E-state index contributed by atoms with van der Waals surface area (Å²) in [5.41, 5.74) is 6.98. The van der Waals surface area contributed by atoms with Crippen molar-refractivity contribution in [1.82, 2.24) is 10.4 Å². The van der Waals surface area contributed by atoms with Crippen LogP contribution in [0.25, 0.3) is 5.70 Å². The summed E-state index contributed by atoms with van der Waals surface area (Å²) in [6, 6.07) is 15.7. The maximum atomic E-state index is 12.6. The molecule has 0 bridgehead atoms. The van der Waals surface area contributed by atoms with Gasteiger partial charge >= 0.3 is 6.03 Å². The Hall–Kier alpha value is -2.50. The lowest BCUT2D eigenvalue weighted by Crippen LogP contribution is -2.48. The maximum absolute atomic E-state index is 12.6. The standard InChI is InChI=1S/C24H28ClN3O2/c1-23(2,3)18-9-7-17(8-10-18)21-16-24(30-27-21)11-13-28(14-12-24)22(29)26-20-6-4-5-19(25)15-20/h4-10,15-16,27H,11-14H2,1-3H3,(H,26,29). The van der Waals surface area contributed by atoms with Crippen LogP contribution < -0.4 is 10.8 Å². The van der Waals surface area contributed by atoms with Crippen LogP contribution >= 0.6 is 11.6 Å². The molecule has 2 aromatic rings. The van der Waals surface area contributed by atoms with Gasteiger partial charge in [0.2, 0.25) is 0 Å². The molecule has 6 heteroatoms. The number of nitrogens with one attached hydrogen (secondary N) is 2. The van der Waals surface area contributed by atoms with E-state index >= 15 is 0 Å². The van der Waals surface area contributed by atoms with Crippen molar-refractivity contribution in [2.75, 3.05) is 18.4 Å². The van der Waals surface area contributed by atoms with Gasteiger partial charge < -0.3 is 10.2 Å². The number of halogens is 1. The molecule has 0 aliphatic carbocycles. The van der Waals surface area contributed by atoms with Gasteiger partial charge in [0.15, 0.2) is 0 Å². The van der Waals surface area contributed by atoms with Gasteiger partial charge in [-0.15, -0.1) is 0 Å². The van der Waals surface area contributed by atoms with E-state index in [2.05, 4.69) is 61.9 Å². The van der Waals surface area contributed by atoms with Gasteiger partial charge in [-0.3, -0.25) is 10.3 Å². The second kappa shape index (κ2) is 7.97. The number of benzene rings is 2. The van der Waals surface area contributed by atoms with E-state index in [0.717, 1.165) is 24.1 Å². The fourth-order valence-electron chi connectivity index (χ4n) is 3.87. The summed E-state index contributed by atoms with van der Waals surface area (Å²) in [4.78, 5) is 20.4. The van der Waals surface area contributed by atoms with Gasteiger partial charge in [-0.2, -0.15) is 0 Å². The molecule has 158 valence electrons. The van der Waals surface area contributed by atoms with Crippen molar-refractivity contribution in [2.24, 2.45) is 0 Å². The van der Waals surface area contributed by atoms with Gasteiger partial charge in [-0.1, -0.05) is 62.7 Å². The molecule has 30 heavy (non-hydrogen) atoms. The van der Waals surface area contributed by atoms with Gasteiger partial charge in [0.05, 0.1) is 5.70 Å². The van der Waals surface area contributed by atoms with E-state index in [4.69, 9.17) is 16.4 Å². The lowest BCUT2D eigenvalue weighted by molar-refractivity contribution is -0.0634. The molecule has 0 atom stereocenters. The second-order valence-corrected chi connectivity index (χ2v) is 9.52. The average molecular weight is 426 g/mol. The summed E-state index contributed by atoms with van der Waals surface area (Å²) in [6.45, 7) is 7.89. The Morgan fingerprint density at radius 2 is 1.83 bits per heavy atom. The minimum Gasteiger partial charge on any atom is -0.324 e. The van der Waals surface area contributed by atoms with E-state index in [-0.39, 0.29) is 17.0 Å². The molecule has 0 unspecified atom stereocenters. The molecular formula is C24H28ClN3O2. The van der Waals surface area contributed by atoms with Crippen molar-refractivity contribution in [2.45, 2.75) is 44.6 Å². The highest BCUT2D eigenvalue weighted by Gasteiger charge is 2.40. The lowest BCUT2D eigenvalue weighted by atomic mass is 9.86. The number of rotatable bonds is 2. The number of likely N-dealkylation sites (tertiary alicyclic amines) is 1. The monoisotopic (exact) mass is 425 g/mol. The minimum absolute atomic E-state index is 0.111. The average Bonchev–Trinajstić information content (AvgIpc) is 3.11. The Kier molecular flexibility index (Phi) is 5.51. The Balaban J connectivity index is 1.38. The highest BCUT2D eigenvalue weighted by molar-refractivity contribution is 6.30. The number of carbonyl (C=O) groups excluding carboxylic acids is 1. The maximum Gasteiger partial charge on any atom is 0.321 e.